The highest BCUT2D eigenvalue weighted by molar-refractivity contribution is 5.98. The summed E-state index contributed by atoms with van der Waals surface area (Å²) in [7, 11) is 0. The first-order valence-electron chi connectivity index (χ1n) is 8.01. The third kappa shape index (κ3) is 2.93. The van der Waals surface area contributed by atoms with Gasteiger partial charge in [-0.05, 0) is 44.4 Å². The van der Waals surface area contributed by atoms with Crippen molar-refractivity contribution in [3.8, 4) is 5.88 Å². The van der Waals surface area contributed by atoms with Gasteiger partial charge in [-0.15, -0.1) is 0 Å². The Balaban J connectivity index is 2.12. The van der Waals surface area contributed by atoms with E-state index in [0.717, 1.165) is 43.4 Å². The Morgan fingerprint density at radius 2 is 1.96 bits per heavy atom. The summed E-state index contributed by atoms with van der Waals surface area (Å²) in [6.45, 7) is 3.77. The molecule has 0 amide bonds. The van der Waals surface area contributed by atoms with E-state index in [2.05, 4.69) is 9.98 Å². The van der Waals surface area contributed by atoms with Crippen LogP contribution in [0.1, 0.15) is 57.6 Å². The molecule has 1 aliphatic heterocycles. The van der Waals surface area contributed by atoms with Gasteiger partial charge in [-0.1, -0.05) is 19.3 Å². The highest BCUT2D eigenvalue weighted by Gasteiger charge is 2.22. The van der Waals surface area contributed by atoms with Crippen molar-refractivity contribution in [3.05, 3.63) is 43.7 Å². The average Bonchev–Trinajstić information content (AvgIpc) is 2.82. The fraction of sp³-hybridized carbons (Fsp3) is 0.471. The Morgan fingerprint density at radius 1 is 1.26 bits per heavy atom. The number of nitrogens with one attached hydrogen (secondary N) is 1. The second-order valence-corrected chi connectivity index (χ2v) is 6.27. The quantitative estimate of drug-likeness (QED) is 0.879. The molecule has 1 saturated carbocycles. The van der Waals surface area contributed by atoms with Crippen LogP contribution in [0, 0.1) is 0 Å². The first-order chi connectivity index (χ1) is 11.0. The van der Waals surface area contributed by atoms with E-state index < -0.39 is 11.2 Å². The lowest BCUT2D eigenvalue weighted by atomic mass is 9.95. The number of nitrogens with zero attached hydrogens (tertiary/aromatic N) is 2. The molecule has 6 heteroatoms. The minimum absolute atomic E-state index is 0.0595. The third-order valence-corrected chi connectivity index (χ3v) is 4.50. The number of aromatic hydroxyl groups is 1. The van der Waals surface area contributed by atoms with Crippen LogP contribution in [0.3, 0.4) is 0 Å². The highest BCUT2D eigenvalue weighted by Crippen LogP contribution is 2.31. The Morgan fingerprint density at radius 3 is 2.57 bits per heavy atom. The molecule has 1 aromatic rings. The van der Waals surface area contributed by atoms with Crippen LogP contribution >= 0.6 is 0 Å². The molecule has 1 fully saturated rings. The zero-order valence-electron chi connectivity index (χ0n) is 13.4. The number of hydrogen-bond acceptors (Lipinski definition) is 4. The van der Waals surface area contributed by atoms with Crippen molar-refractivity contribution in [2.24, 2.45) is 4.99 Å². The number of hydrogen-bond donors (Lipinski definition) is 2. The van der Waals surface area contributed by atoms with Crippen molar-refractivity contribution < 1.29 is 5.11 Å². The number of aromatic nitrogens is 2. The zero-order chi connectivity index (χ0) is 16.6. The molecule has 0 radical (unpaired) electrons. The molecule has 0 saturated heterocycles. The molecule has 122 valence electrons. The van der Waals surface area contributed by atoms with Gasteiger partial charge < -0.3 is 5.11 Å². The number of H-pyrrole nitrogens is 1. The Bertz CT molecular complexity index is 834. The van der Waals surface area contributed by atoms with Crippen molar-refractivity contribution >= 4 is 11.8 Å². The second-order valence-electron chi connectivity index (χ2n) is 6.27. The van der Waals surface area contributed by atoms with E-state index in [1.54, 1.807) is 6.08 Å². The summed E-state index contributed by atoms with van der Waals surface area (Å²) >= 11 is 0. The van der Waals surface area contributed by atoms with Gasteiger partial charge in [0.2, 0.25) is 5.88 Å². The Labute approximate surface area is 133 Å². The van der Waals surface area contributed by atoms with Crippen LogP contribution in [0.4, 0.5) is 0 Å². The molecule has 23 heavy (non-hydrogen) atoms. The molecule has 2 N–H and O–H groups in total. The van der Waals surface area contributed by atoms with Gasteiger partial charge in [0, 0.05) is 11.8 Å². The van der Waals surface area contributed by atoms with Crippen LogP contribution in [0.2, 0.25) is 0 Å². The maximum absolute atomic E-state index is 12.2. The monoisotopic (exact) mass is 315 g/mol. The van der Waals surface area contributed by atoms with Crippen LogP contribution in [0.15, 0.2) is 31.9 Å². The minimum Gasteiger partial charge on any atom is -0.494 e. The van der Waals surface area contributed by atoms with Crippen LogP contribution in [0.25, 0.3) is 6.08 Å². The van der Waals surface area contributed by atoms with Crippen molar-refractivity contribution in [1.29, 1.82) is 0 Å². The summed E-state index contributed by atoms with van der Waals surface area (Å²) in [5.41, 5.74) is 1.38. The van der Waals surface area contributed by atoms with E-state index in [4.69, 9.17) is 0 Å². The van der Waals surface area contributed by atoms with E-state index >= 15 is 0 Å². The normalized spacial score (nSPS) is 20.7. The molecule has 0 spiro atoms. The SMILES string of the molecule is CC1=CC(C)=N/C1=C\c1c(O)n(C2CCCCC2)c(=O)[nH]c1=O. The first kappa shape index (κ1) is 15.5. The lowest BCUT2D eigenvalue weighted by Crippen LogP contribution is -2.34. The van der Waals surface area contributed by atoms with Crippen molar-refractivity contribution in [2.45, 2.75) is 52.0 Å². The molecule has 0 aromatic carbocycles. The Kier molecular flexibility index (Phi) is 4.07. The van der Waals surface area contributed by atoms with Gasteiger partial charge in [-0.2, -0.15) is 0 Å². The lowest BCUT2D eigenvalue weighted by molar-refractivity contribution is 0.298. The molecule has 1 aliphatic carbocycles. The van der Waals surface area contributed by atoms with E-state index in [9.17, 15) is 14.7 Å². The topological polar surface area (TPSA) is 87.4 Å². The molecule has 2 heterocycles. The van der Waals surface area contributed by atoms with Gasteiger partial charge in [0.25, 0.3) is 5.56 Å². The van der Waals surface area contributed by atoms with E-state index in [1.165, 1.54) is 4.57 Å². The summed E-state index contributed by atoms with van der Waals surface area (Å²) in [4.78, 5) is 31.0. The second kappa shape index (κ2) is 6.02. The maximum Gasteiger partial charge on any atom is 0.331 e. The number of aliphatic imine (C=N–C) groups is 1. The summed E-state index contributed by atoms with van der Waals surface area (Å²) in [6, 6.07) is -0.0595. The van der Waals surface area contributed by atoms with E-state index in [-0.39, 0.29) is 17.5 Å². The van der Waals surface area contributed by atoms with Crippen molar-refractivity contribution in [2.75, 3.05) is 0 Å². The predicted octanol–water partition coefficient (Wildman–Crippen LogP) is 2.51. The molecule has 1 aromatic heterocycles. The molecule has 0 unspecified atom stereocenters. The van der Waals surface area contributed by atoms with E-state index in [1.807, 2.05) is 19.9 Å². The first-order valence-corrected chi connectivity index (χ1v) is 8.01. The van der Waals surface area contributed by atoms with Gasteiger partial charge in [-0.25, -0.2) is 4.79 Å². The fourth-order valence-electron chi connectivity index (χ4n) is 3.34. The van der Waals surface area contributed by atoms with Crippen molar-refractivity contribution in [3.63, 3.8) is 0 Å². The summed E-state index contributed by atoms with van der Waals surface area (Å²) < 4.78 is 1.33. The molecule has 2 aliphatic rings. The number of allylic oxidation sites excluding steroid dienone is 2. The molecule has 6 nitrogen and oxygen atoms in total. The third-order valence-electron chi connectivity index (χ3n) is 4.50. The summed E-state index contributed by atoms with van der Waals surface area (Å²) in [5, 5.41) is 10.5. The van der Waals surface area contributed by atoms with Gasteiger partial charge in [-0.3, -0.25) is 19.3 Å². The van der Waals surface area contributed by atoms with Crippen molar-refractivity contribution in [1.82, 2.24) is 9.55 Å². The van der Waals surface area contributed by atoms with Crippen LogP contribution in [-0.2, 0) is 0 Å². The van der Waals surface area contributed by atoms with Gasteiger partial charge >= 0.3 is 5.69 Å². The van der Waals surface area contributed by atoms with Crippen LogP contribution in [-0.4, -0.2) is 20.4 Å². The predicted molar refractivity (Wildman–Crippen MR) is 90.0 cm³/mol. The molecular formula is C17H21N3O3. The van der Waals surface area contributed by atoms with Gasteiger partial charge in [0.05, 0.1) is 5.70 Å². The summed E-state index contributed by atoms with van der Waals surface area (Å²) in [6.07, 6.45) is 8.33. The number of aromatic amines is 1. The smallest absolute Gasteiger partial charge is 0.331 e. The highest BCUT2D eigenvalue weighted by atomic mass is 16.3. The zero-order valence-corrected chi connectivity index (χ0v) is 13.4. The molecular weight excluding hydrogens is 294 g/mol. The lowest BCUT2D eigenvalue weighted by Gasteiger charge is -2.24. The molecule has 3 rings (SSSR count). The Hall–Kier alpha value is -2.37. The average molecular weight is 315 g/mol. The molecule has 0 atom stereocenters. The largest absolute Gasteiger partial charge is 0.494 e. The van der Waals surface area contributed by atoms with Gasteiger partial charge in [0.15, 0.2) is 0 Å². The van der Waals surface area contributed by atoms with Crippen LogP contribution < -0.4 is 11.2 Å². The van der Waals surface area contributed by atoms with Gasteiger partial charge in [0.1, 0.15) is 5.56 Å². The van der Waals surface area contributed by atoms with Crippen LogP contribution in [0.5, 0.6) is 5.88 Å². The maximum atomic E-state index is 12.2. The summed E-state index contributed by atoms with van der Waals surface area (Å²) in [5.74, 6) is -0.259. The fourth-order valence-corrected chi connectivity index (χ4v) is 3.34. The number of rotatable bonds is 2. The minimum atomic E-state index is -0.584. The van der Waals surface area contributed by atoms with E-state index in [0.29, 0.717) is 5.70 Å². The molecule has 0 bridgehead atoms. The standard InChI is InChI=1S/C17H21N3O3/c1-10-8-11(2)18-14(10)9-13-15(21)19-17(23)20(16(13)22)12-6-4-3-5-7-12/h8-9,12,22H,3-7H2,1-2H3,(H,19,21,23)/b14-9-.